The number of rotatable bonds is 8. The quantitative estimate of drug-likeness (QED) is 0.385. The van der Waals surface area contributed by atoms with Crippen LogP contribution in [0.4, 0.5) is 13.2 Å². The van der Waals surface area contributed by atoms with Gasteiger partial charge in [-0.05, 0) is 24.3 Å². The average molecular weight is 454 g/mol. The first kappa shape index (κ1) is 21.3. The fraction of sp³-hybridized carbons (Fsp3) is 0.316. The number of alkyl halides is 3. The maximum absolute atomic E-state index is 12.6. The smallest absolute Gasteiger partial charge is 0.443 e. The highest BCUT2D eigenvalue weighted by molar-refractivity contribution is 7.09. The first-order chi connectivity index (χ1) is 14.8. The molecular formula is C19H17F3N4O4S. The molecule has 0 spiro atoms. The molecule has 0 aliphatic carbocycles. The number of benzene rings is 1. The third kappa shape index (κ3) is 5.03. The largest absolute Gasteiger partial charge is 0.492 e. The molecule has 0 amide bonds. The summed E-state index contributed by atoms with van der Waals surface area (Å²) in [7, 11) is 0. The molecule has 1 atom stereocenters. The van der Waals surface area contributed by atoms with Gasteiger partial charge in [-0.15, -0.1) is 11.3 Å². The van der Waals surface area contributed by atoms with Crippen LogP contribution in [0.3, 0.4) is 0 Å². The van der Waals surface area contributed by atoms with Gasteiger partial charge in [-0.25, -0.2) is 4.98 Å². The van der Waals surface area contributed by atoms with E-state index in [0.29, 0.717) is 46.7 Å². The number of aliphatic hydroxyl groups excluding tert-OH is 1. The van der Waals surface area contributed by atoms with Crippen LogP contribution >= 0.6 is 11.3 Å². The van der Waals surface area contributed by atoms with Crippen molar-refractivity contribution in [2.45, 2.75) is 19.2 Å². The Labute approximate surface area is 177 Å². The maximum atomic E-state index is 12.6. The van der Waals surface area contributed by atoms with E-state index in [1.165, 1.54) is 5.38 Å². The summed E-state index contributed by atoms with van der Waals surface area (Å²) in [5.41, 5.74) is 0.635. The summed E-state index contributed by atoms with van der Waals surface area (Å²) in [6.45, 7) is 2.41. The summed E-state index contributed by atoms with van der Waals surface area (Å²) >= 11 is 0.459. The van der Waals surface area contributed by atoms with Crippen LogP contribution < -0.4 is 10.1 Å². The zero-order chi connectivity index (χ0) is 22.0. The molecule has 4 aromatic rings. The Balaban J connectivity index is 1.26. The molecule has 164 valence electrons. The Hall–Kier alpha value is -2.96. The normalized spacial score (nSPS) is 13.1. The Kier molecular flexibility index (Phi) is 5.94. The van der Waals surface area contributed by atoms with E-state index in [2.05, 4.69) is 20.4 Å². The molecule has 31 heavy (non-hydrogen) atoms. The van der Waals surface area contributed by atoms with Crippen LogP contribution in [0.25, 0.3) is 22.6 Å². The maximum Gasteiger partial charge on any atom is 0.443 e. The first-order valence-corrected chi connectivity index (χ1v) is 10.1. The van der Waals surface area contributed by atoms with Gasteiger partial charge in [-0.2, -0.15) is 18.2 Å². The van der Waals surface area contributed by atoms with E-state index in [4.69, 9.17) is 13.7 Å². The van der Waals surface area contributed by atoms with Crippen LogP contribution in [0.5, 0.6) is 5.75 Å². The van der Waals surface area contributed by atoms with Crippen molar-refractivity contribution in [1.82, 2.24) is 20.4 Å². The lowest BCUT2D eigenvalue weighted by Gasteiger charge is -2.11. The van der Waals surface area contributed by atoms with E-state index in [0.717, 1.165) is 5.39 Å². The summed E-state index contributed by atoms with van der Waals surface area (Å²) in [6.07, 6.45) is -5.65. The summed E-state index contributed by atoms with van der Waals surface area (Å²) in [6, 6.07) is 7.10. The van der Waals surface area contributed by atoms with Gasteiger partial charge >= 0.3 is 6.18 Å². The van der Waals surface area contributed by atoms with Gasteiger partial charge in [0.15, 0.2) is 10.8 Å². The van der Waals surface area contributed by atoms with Gasteiger partial charge in [0.1, 0.15) is 24.0 Å². The molecular weight excluding hydrogens is 437 g/mol. The van der Waals surface area contributed by atoms with E-state index in [9.17, 15) is 18.3 Å². The Morgan fingerprint density at radius 1 is 1.26 bits per heavy atom. The molecule has 0 fully saturated rings. The molecule has 4 rings (SSSR count). The number of aliphatic hydroxyl groups is 1. The lowest BCUT2D eigenvalue weighted by molar-refractivity contribution is -0.137. The number of nitrogens with zero attached hydrogens (tertiary/aromatic N) is 3. The summed E-state index contributed by atoms with van der Waals surface area (Å²) in [5, 5.41) is 17.8. The highest BCUT2D eigenvalue weighted by Crippen LogP contribution is 2.33. The van der Waals surface area contributed by atoms with Crippen molar-refractivity contribution in [2.75, 3.05) is 19.7 Å². The third-order valence-electron chi connectivity index (χ3n) is 4.23. The van der Waals surface area contributed by atoms with Crippen molar-refractivity contribution >= 4 is 22.3 Å². The summed E-state index contributed by atoms with van der Waals surface area (Å²) in [5.74, 6) is 1.89. The lowest BCUT2D eigenvalue weighted by atomic mass is 10.2. The Bertz CT molecular complexity index is 1170. The number of halogens is 3. The van der Waals surface area contributed by atoms with Crippen LogP contribution in [0.1, 0.15) is 22.7 Å². The monoisotopic (exact) mass is 454 g/mol. The number of nitrogens with one attached hydrogen (secondary N) is 1. The van der Waals surface area contributed by atoms with E-state index in [1.807, 2.05) is 0 Å². The van der Waals surface area contributed by atoms with E-state index >= 15 is 0 Å². The number of hydrogen-bond donors (Lipinski definition) is 2. The molecule has 0 aliphatic rings. The minimum Gasteiger partial charge on any atom is -0.492 e. The van der Waals surface area contributed by atoms with Crippen molar-refractivity contribution < 1.29 is 32.0 Å². The highest BCUT2D eigenvalue weighted by Gasteiger charge is 2.35. The fourth-order valence-corrected chi connectivity index (χ4v) is 3.51. The molecule has 1 aromatic carbocycles. The Morgan fingerprint density at radius 3 is 2.81 bits per heavy atom. The molecule has 0 aliphatic heterocycles. The number of aryl methyl sites for hydroxylation is 1. The SMILES string of the molecule is Cc1nc(-c2cc3cc(OCCNC[C@@H](O)c4csc(C(F)(F)F)n4)ccc3o2)no1. The number of thiazole rings is 1. The summed E-state index contributed by atoms with van der Waals surface area (Å²) < 4.78 is 54.1. The molecule has 0 bridgehead atoms. The fourth-order valence-electron chi connectivity index (χ4n) is 2.77. The second-order valence-electron chi connectivity index (χ2n) is 6.59. The molecule has 0 saturated carbocycles. The minimum atomic E-state index is -4.51. The van der Waals surface area contributed by atoms with Gasteiger partial charge in [0.2, 0.25) is 11.7 Å². The van der Waals surface area contributed by atoms with Gasteiger partial charge in [0.25, 0.3) is 0 Å². The second kappa shape index (κ2) is 8.65. The third-order valence-corrected chi connectivity index (χ3v) is 5.13. The van der Waals surface area contributed by atoms with E-state index in [-0.39, 0.29) is 18.8 Å². The van der Waals surface area contributed by atoms with E-state index < -0.39 is 17.3 Å². The predicted octanol–water partition coefficient (Wildman–Crippen LogP) is 3.97. The van der Waals surface area contributed by atoms with Crippen molar-refractivity contribution in [3.05, 3.63) is 46.2 Å². The van der Waals surface area contributed by atoms with Gasteiger partial charge in [-0.1, -0.05) is 5.16 Å². The molecule has 3 aromatic heterocycles. The topological polar surface area (TPSA) is 106 Å². The molecule has 0 saturated heterocycles. The number of aromatic nitrogens is 3. The van der Waals surface area contributed by atoms with Gasteiger partial charge in [0.05, 0.1) is 5.69 Å². The van der Waals surface area contributed by atoms with Gasteiger partial charge < -0.3 is 24.1 Å². The molecule has 3 heterocycles. The van der Waals surface area contributed by atoms with Gasteiger partial charge in [-0.3, -0.25) is 0 Å². The minimum absolute atomic E-state index is 0.0104. The first-order valence-electron chi connectivity index (χ1n) is 9.18. The second-order valence-corrected chi connectivity index (χ2v) is 7.45. The Morgan fingerprint density at radius 2 is 2.10 bits per heavy atom. The molecule has 8 nitrogen and oxygen atoms in total. The van der Waals surface area contributed by atoms with Gasteiger partial charge in [0, 0.05) is 30.8 Å². The number of ether oxygens (including phenoxy) is 1. The zero-order valence-electron chi connectivity index (χ0n) is 16.1. The molecule has 12 heteroatoms. The zero-order valence-corrected chi connectivity index (χ0v) is 17.0. The molecule has 0 unspecified atom stereocenters. The van der Waals surface area contributed by atoms with Crippen LogP contribution in [-0.4, -0.2) is 39.9 Å². The van der Waals surface area contributed by atoms with E-state index in [1.54, 1.807) is 31.2 Å². The number of fused-ring (bicyclic) bond motifs is 1. The predicted molar refractivity (Wildman–Crippen MR) is 105 cm³/mol. The van der Waals surface area contributed by atoms with Crippen molar-refractivity contribution in [3.8, 4) is 17.3 Å². The number of furan rings is 1. The van der Waals surface area contributed by atoms with Crippen LogP contribution in [0.15, 0.2) is 38.6 Å². The number of hydrogen-bond acceptors (Lipinski definition) is 9. The van der Waals surface area contributed by atoms with Crippen molar-refractivity contribution in [1.29, 1.82) is 0 Å². The standard InChI is InChI=1S/C19H17F3N4O4S/c1-10-24-17(26-30-10)16-7-11-6-12(2-3-15(11)29-16)28-5-4-23-8-14(27)13-9-31-18(25-13)19(20,21)22/h2-3,6-7,9,14,23,27H,4-5,8H2,1H3/t14-/m1/s1. The highest BCUT2D eigenvalue weighted by atomic mass is 32.1. The van der Waals surface area contributed by atoms with Crippen LogP contribution in [0, 0.1) is 6.92 Å². The molecule has 2 N–H and O–H groups in total. The average Bonchev–Trinajstić information content (AvgIpc) is 3.45. The van der Waals surface area contributed by atoms with Crippen molar-refractivity contribution in [3.63, 3.8) is 0 Å². The van der Waals surface area contributed by atoms with Crippen LogP contribution in [-0.2, 0) is 6.18 Å². The van der Waals surface area contributed by atoms with Crippen LogP contribution in [0.2, 0.25) is 0 Å². The lowest BCUT2D eigenvalue weighted by Crippen LogP contribution is -2.26. The van der Waals surface area contributed by atoms with Crippen molar-refractivity contribution in [2.24, 2.45) is 0 Å². The molecule has 0 radical (unpaired) electrons. The summed E-state index contributed by atoms with van der Waals surface area (Å²) in [4.78, 5) is 7.56.